The van der Waals surface area contributed by atoms with Gasteiger partial charge in [-0.2, -0.15) is 0 Å². The fourth-order valence-corrected chi connectivity index (χ4v) is 5.40. The average Bonchev–Trinajstić information content (AvgIpc) is 3.11. The van der Waals surface area contributed by atoms with Gasteiger partial charge in [0.1, 0.15) is 17.9 Å². The maximum absolute atomic E-state index is 12.7. The number of anilines is 1. The van der Waals surface area contributed by atoms with Crippen molar-refractivity contribution in [2.75, 3.05) is 18.8 Å². The lowest BCUT2D eigenvalue weighted by molar-refractivity contribution is -0.122. The minimum absolute atomic E-state index is 0.134. The minimum atomic E-state index is -0.617. The van der Waals surface area contributed by atoms with E-state index in [1.165, 1.54) is 31.2 Å². The summed E-state index contributed by atoms with van der Waals surface area (Å²) in [5.41, 5.74) is 16.4. The van der Waals surface area contributed by atoms with E-state index in [1.54, 1.807) is 6.92 Å². The van der Waals surface area contributed by atoms with E-state index in [0.717, 1.165) is 54.6 Å². The molecule has 33 heavy (non-hydrogen) atoms. The molecule has 4 heterocycles. The smallest absolute Gasteiger partial charge is 0.165 e. The first-order valence-electron chi connectivity index (χ1n) is 11.9. The molecule has 1 saturated carbocycles. The standard InChI is InChI=1S/C25H31N7O/c1-16(33)25(10-5-11-30-31-14-25)21-9-8-18(13-27-21)20-12-19(17-6-3-2-4-7-17)22-23(26)28-15-29-24(22)32-20/h8-9,12-13,15,17,30-31H,2-7,10-11,14H2,1H3,(H2,26,28,29,32). The first kappa shape index (κ1) is 21.9. The third kappa shape index (κ3) is 4.09. The van der Waals surface area contributed by atoms with Crippen LogP contribution in [-0.4, -0.2) is 38.8 Å². The second kappa shape index (κ2) is 9.11. The van der Waals surface area contributed by atoms with Gasteiger partial charge >= 0.3 is 0 Å². The number of carbonyl (C=O) groups excluding carboxylic acids is 1. The number of rotatable bonds is 4. The Balaban J connectivity index is 1.56. The highest BCUT2D eigenvalue weighted by atomic mass is 16.1. The number of pyridine rings is 2. The molecular weight excluding hydrogens is 414 g/mol. The lowest BCUT2D eigenvalue weighted by Crippen LogP contribution is -2.45. The topological polar surface area (TPSA) is 119 Å². The van der Waals surface area contributed by atoms with Gasteiger partial charge in [-0.25, -0.2) is 15.0 Å². The maximum Gasteiger partial charge on any atom is 0.165 e. The lowest BCUT2D eigenvalue weighted by Gasteiger charge is -2.29. The normalized spacial score (nSPS) is 22.2. The predicted octanol–water partition coefficient (Wildman–Crippen LogP) is 3.43. The number of nitrogens with two attached hydrogens (primary N) is 1. The highest BCUT2D eigenvalue weighted by Gasteiger charge is 2.39. The van der Waals surface area contributed by atoms with Gasteiger partial charge in [0.25, 0.3) is 0 Å². The molecule has 5 rings (SSSR count). The largest absolute Gasteiger partial charge is 0.383 e. The molecule has 2 fully saturated rings. The third-order valence-electron chi connectivity index (χ3n) is 7.35. The molecule has 0 amide bonds. The average molecular weight is 446 g/mol. The molecule has 1 atom stereocenters. The van der Waals surface area contributed by atoms with Crippen molar-refractivity contribution in [3.8, 4) is 11.3 Å². The number of carbonyl (C=O) groups is 1. The number of ketones is 1. The second-order valence-corrected chi connectivity index (χ2v) is 9.34. The first-order chi connectivity index (χ1) is 16.1. The summed E-state index contributed by atoms with van der Waals surface area (Å²) in [5, 5.41) is 0.880. The second-order valence-electron chi connectivity index (χ2n) is 9.34. The van der Waals surface area contributed by atoms with Crippen molar-refractivity contribution < 1.29 is 4.79 Å². The van der Waals surface area contributed by atoms with Crippen LogP contribution in [0.1, 0.15) is 69.0 Å². The number of fused-ring (bicyclic) bond motifs is 1. The summed E-state index contributed by atoms with van der Waals surface area (Å²) >= 11 is 0. The number of nitrogens with zero attached hydrogens (tertiary/aromatic N) is 4. The Morgan fingerprint density at radius 1 is 1.09 bits per heavy atom. The summed E-state index contributed by atoms with van der Waals surface area (Å²) in [6.45, 7) is 3.03. The summed E-state index contributed by atoms with van der Waals surface area (Å²) in [7, 11) is 0. The predicted molar refractivity (Wildman–Crippen MR) is 128 cm³/mol. The zero-order chi connectivity index (χ0) is 22.8. The van der Waals surface area contributed by atoms with Crippen LogP contribution in [-0.2, 0) is 10.2 Å². The van der Waals surface area contributed by atoms with Crippen LogP contribution in [0.5, 0.6) is 0 Å². The fourth-order valence-electron chi connectivity index (χ4n) is 5.40. The molecule has 0 radical (unpaired) electrons. The lowest BCUT2D eigenvalue weighted by atomic mass is 9.76. The molecule has 8 heteroatoms. The maximum atomic E-state index is 12.7. The van der Waals surface area contributed by atoms with E-state index in [4.69, 9.17) is 15.7 Å². The van der Waals surface area contributed by atoms with E-state index in [2.05, 4.69) is 26.9 Å². The van der Waals surface area contributed by atoms with Crippen LogP contribution in [0, 0.1) is 0 Å². The van der Waals surface area contributed by atoms with Crippen LogP contribution in [0.2, 0.25) is 0 Å². The van der Waals surface area contributed by atoms with E-state index in [1.807, 2.05) is 18.3 Å². The number of nitrogens with one attached hydrogen (secondary N) is 2. The molecule has 8 nitrogen and oxygen atoms in total. The van der Waals surface area contributed by atoms with Crippen molar-refractivity contribution in [3.05, 3.63) is 42.0 Å². The molecule has 3 aromatic rings. The third-order valence-corrected chi connectivity index (χ3v) is 7.35. The van der Waals surface area contributed by atoms with Crippen molar-refractivity contribution in [3.63, 3.8) is 0 Å². The van der Waals surface area contributed by atoms with E-state index in [-0.39, 0.29) is 5.78 Å². The van der Waals surface area contributed by atoms with Crippen molar-refractivity contribution in [1.82, 2.24) is 30.8 Å². The summed E-state index contributed by atoms with van der Waals surface area (Å²) in [5.74, 6) is 1.06. The first-order valence-corrected chi connectivity index (χ1v) is 11.9. The SMILES string of the molecule is CC(=O)C1(c2ccc(-c3cc(C4CCCCC4)c4c(N)ncnc4n3)cn2)CCCNNC1. The van der Waals surface area contributed by atoms with Gasteiger partial charge in [0.05, 0.1) is 22.2 Å². The Morgan fingerprint density at radius 3 is 2.70 bits per heavy atom. The van der Waals surface area contributed by atoms with Crippen LogP contribution in [0.4, 0.5) is 5.82 Å². The van der Waals surface area contributed by atoms with Crippen molar-refractivity contribution >= 4 is 22.6 Å². The number of nitrogen functional groups attached to an aromatic ring is 1. The van der Waals surface area contributed by atoms with Gasteiger partial charge in [0, 0.05) is 24.8 Å². The monoisotopic (exact) mass is 445 g/mol. The highest BCUT2D eigenvalue weighted by Crippen LogP contribution is 2.39. The molecule has 172 valence electrons. The van der Waals surface area contributed by atoms with Crippen molar-refractivity contribution in [2.24, 2.45) is 0 Å². The van der Waals surface area contributed by atoms with Crippen molar-refractivity contribution in [2.45, 2.75) is 63.2 Å². The zero-order valence-corrected chi connectivity index (χ0v) is 19.1. The molecule has 1 unspecified atom stereocenters. The quantitative estimate of drug-likeness (QED) is 0.559. The van der Waals surface area contributed by atoms with Gasteiger partial charge in [-0.15, -0.1) is 0 Å². The molecule has 1 aliphatic carbocycles. The van der Waals surface area contributed by atoms with E-state index >= 15 is 0 Å². The number of hydrogen-bond donors (Lipinski definition) is 3. The van der Waals surface area contributed by atoms with Gasteiger partial charge in [0.2, 0.25) is 0 Å². The number of aromatic nitrogens is 4. The molecule has 3 aromatic heterocycles. The van der Waals surface area contributed by atoms with Gasteiger partial charge in [0.15, 0.2) is 5.65 Å². The summed E-state index contributed by atoms with van der Waals surface area (Å²) in [6, 6.07) is 6.14. The molecule has 0 bridgehead atoms. The highest BCUT2D eigenvalue weighted by molar-refractivity contribution is 5.91. The number of hydrazine groups is 1. The van der Waals surface area contributed by atoms with Crippen molar-refractivity contribution in [1.29, 1.82) is 0 Å². The molecule has 0 aromatic carbocycles. The summed E-state index contributed by atoms with van der Waals surface area (Å²) in [4.78, 5) is 30.9. The number of hydrogen-bond acceptors (Lipinski definition) is 8. The van der Waals surface area contributed by atoms with E-state index in [0.29, 0.717) is 23.9 Å². The van der Waals surface area contributed by atoms with Gasteiger partial charge in [-0.1, -0.05) is 19.3 Å². The van der Waals surface area contributed by atoms with Crippen LogP contribution >= 0.6 is 0 Å². The molecule has 1 aliphatic heterocycles. The Hall–Kier alpha value is -2.97. The minimum Gasteiger partial charge on any atom is -0.383 e. The Bertz CT molecular complexity index is 1150. The van der Waals surface area contributed by atoms with E-state index in [9.17, 15) is 4.79 Å². The molecule has 4 N–H and O–H groups in total. The van der Waals surface area contributed by atoms with Crippen LogP contribution in [0.3, 0.4) is 0 Å². The molecule has 1 saturated heterocycles. The zero-order valence-electron chi connectivity index (χ0n) is 19.1. The molecular formula is C25H31N7O. The van der Waals surface area contributed by atoms with Gasteiger partial charge in [-0.05, 0) is 62.3 Å². The Labute approximate surface area is 193 Å². The van der Waals surface area contributed by atoms with Crippen LogP contribution < -0.4 is 16.6 Å². The molecule has 0 spiro atoms. The van der Waals surface area contributed by atoms with Gasteiger partial charge in [-0.3, -0.25) is 20.6 Å². The Morgan fingerprint density at radius 2 is 1.94 bits per heavy atom. The fraction of sp³-hybridized carbons (Fsp3) is 0.480. The van der Waals surface area contributed by atoms with Crippen LogP contribution in [0.15, 0.2) is 30.7 Å². The van der Waals surface area contributed by atoms with E-state index < -0.39 is 5.41 Å². The Kier molecular flexibility index (Phi) is 6.03. The van der Waals surface area contributed by atoms with Gasteiger partial charge < -0.3 is 5.73 Å². The van der Waals surface area contributed by atoms with Crippen LogP contribution in [0.25, 0.3) is 22.3 Å². The molecule has 2 aliphatic rings. The summed E-state index contributed by atoms with van der Waals surface area (Å²) in [6.07, 6.45) is 11.0. The number of Topliss-reactive ketones (excluding diaryl/α,β-unsaturated/α-hetero) is 1. The summed E-state index contributed by atoms with van der Waals surface area (Å²) < 4.78 is 0.